The fraction of sp³-hybridized carbons (Fsp3) is 0.900. The smallest absolute Gasteiger partial charge is 0.229 e. The van der Waals surface area contributed by atoms with Gasteiger partial charge in [-0.05, 0) is 30.9 Å². The third-order valence-corrected chi connectivity index (χ3v) is 4.23. The van der Waals surface area contributed by atoms with Gasteiger partial charge in [-0.25, -0.2) is 0 Å². The van der Waals surface area contributed by atoms with Crippen LogP contribution >= 0.6 is 27.7 Å². The van der Waals surface area contributed by atoms with Crippen molar-refractivity contribution in [2.75, 3.05) is 23.9 Å². The molecule has 0 saturated heterocycles. The molecule has 0 aromatic rings. The molecular weight excluding hydrogens is 262 g/mol. The molecule has 2 nitrogen and oxygen atoms in total. The van der Waals surface area contributed by atoms with E-state index in [-0.39, 0.29) is 5.91 Å². The largest absolute Gasteiger partial charge is 0.355 e. The molecule has 0 aliphatic heterocycles. The Morgan fingerprint density at radius 2 is 2.21 bits per heavy atom. The van der Waals surface area contributed by atoms with Gasteiger partial charge in [0.25, 0.3) is 0 Å². The molecule has 0 radical (unpaired) electrons. The Hall–Kier alpha value is 0.300. The molecule has 1 amide bonds. The number of hydrogen-bond acceptors (Lipinski definition) is 2. The van der Waals surface area contributed by atoms with Crippen LogP contribution in [0.3, 0.4) is 0 Å². The molecular formula is C10H18BrNOS. The van der Waals surface area contributed by atoms with E-state index in [1.54, 1.807) is 11.8 Å². The predicted molar refractivity (Wildman–Crippen MR) is 66.0 cm³/mol. The van der Waals surface area contributed by atoms with E-state index in [0.29, 0.717) is 11.7 Å². The first-order chi connectivity index (χ1) is 6.77. The molecule has 14 heavy (non-hydrogen) atoms. The third kappa shape index (κ3) is 3.81. The Morgan fingerprint density at radius 3 is 2.86 bits per heavy atom. The van der Waals surface area contributed by atoms with Crippen molar-refractivity contribution in [1.29, 1.82) is 0 Å². The van der Waals surface area contributed by atoms with Crippen molar-refractivity contribution in [2.45, 2.75) is 19.3 Å². The minimum absolute atomic E-state index is 0.178. The van der Waals surface area contributed by atoms with Gasteiger partial charge in [-0.3, -0.25) is 4.79 Å². The summed E-state index contributed by atoms with van der Waals surface area (Å²) in [5.74, 6) is 2.23. The van der Waals surface area contributed by atoms with Crippen LogP contribution < -0.4 is 5.32 Å². The van der Waals surface area contributed by atoms with Crippen LogP contribution in [0.2, 0.25) is 0 Å². The molecule has 0 spiro atoms. The van der Waals surface area contributed by atoms with Crippen molar-refractivity contribution in [2.24, 2.45) is 11.8 Å². The summed E-state index contributed by atoms with van der Waals surface area (Å²) in [5.41, 5.74) is 0. The average Bonchev–Trinajstić information content (AvgIpc) is 2.62. The lowest BCUT2D eigenvalue weighted by Gasteiger charge is -2.17. The van der Waals surface area contributed by atoms with Crippen LogP contribution in [0, 0.1) is 11.8 Å². The molecule has 0 aromatic carbocycles. The van der Waals surface area contributed by atoms with Gasteiger partial charge in [-0.15, -0.1) is 0 Å². The third-order valence-electron chi connectivity index (χ3n) is 2.85. The van der Waals surface area contributed by atoms with Crippen molar-refractivity contribution in [3.05, 3.63) is 0 Å². The SMILES string of the molecule is CSCC(=O)NCC1CCCC1CBr. The van der Waals surface area contributed by atoms with Crippen LogP contribution in [0.5, 0.6) is 0 Å². The van der Waals surface area contributed by atoms with Gasteiger partial charge in [-0.2, -0.15) is 11.8 Å². The van der Waals surface area contributed by atoms with Gasteiger partial charge in [0.05, 0.1) is 5.75 Å². The van der Waals surface area contributed by atoms with Gasteiger partial charge in [0.1, 0.15) is 0 Å². The topological polar surface area (TPSA) is 29.1 Å². The summed E-state index contributed by atoms with van der Waals surface area (Å²) < 4.78 is 0. The first-order valence-electron chi connectivity index (χ1n) is 5.09. The summed E-state index contributed by atoms with van der Waals surface area (Å²) in [7, 11) is 0. The summed E-state index contributed by atoms with van der Waals surface area (Å²) in [6, 6.07) is 0. The lowest BCUT2D eigenvalue weighted by atomic mass is 9.98. The van der Waals surface area contributed by atoms with E-state index in [0.717, 1.165) is 17.8 Å². The zero-order valence-electron chi connectivity index (χ0n) is 8.59. The van der Waals surface area contributed by atoms with E-state index in [1.807, 2.05) is 6.26 Å². The number of thioether (sulfide) groups is 1. The number of carbonyl (C=O) groups is 1. The summed E-state index contributed by atoms with van der Waals surface area (Å²) in [4.78, 5) is 11.3. The summed E-state index contributed by atoms with van der Waals surface area (Å²) in [5, 5.41) is 4.09. The van der Waals surface area contributed by atoms with E-state index >= 15 is 0 Å². The highest BCUT2D eigenvalue weighted by atomic mass is 79.9. The second kappa shape index (κ2) is 6.72. The van der Waals surface area contributed by atoms with Gasteiger partial charge in [0, 0.05) is 11.9 Å². The summed E-state index contributed by atoms with van der Waals surface area (Å²) in [6.07, 6.45) is 5.86. The van der Waals surface area contributed by atoms with Crippen molar-refractivity contribution in [3.63, 3.8) is 0 Å². The number of nitrogens with one attached hydrogen (secondary N) is 1. The molecule has 1 aliphatic carbocycles. The van der Waals surface area contributed by atoms with Crippen molar-refractivity contribution >= 4 is 33.6 Å². The molecule has 1 fully saturated rings. The van der Waals surface area contributed by atoms with Crippen LogP contribution in [0.1, 0.15) is 19.3 Å². The summed E-state index contributed by atoms with van der Waals surface area (Å²) >= 11 is 5.12. The highest BCUT2D eigenvalue weighted by molar-refractivity contribution is 9.09. The minimum atomic E-state index is 0.178. The molecule has 0 heterocycles. The number of rotatable bonds is 5. The number of carbonyl (C=O) groups excluding carboxylic acids is 1. The standard InChI is InChI=1S/C10H18BrNOS/c1-14-7-10(13)12-6-9-4-2-3-8(9)5-11/h8-9H,2-7H2,1H3,(H,12,13). The maximum atomic E-state index is 11.3. The van der Waals surface area contributed by atoms with Crippen LogP contribution in [0.15, 0.2) is 0 Å². The highest BCUT2D eigenvalue weighted by Crippen LogP contribution is 2.32. The normalized spacial score (nSPS) is 26.4. The van der Waals surface area contributed by atoms with Crippen molar-refractivity contribution in [1.82, 2.24) is 5.32 Å². The van der Waals surface area contributed by atoms with Gasteiger partial charge in [0.15, 0.2) is 0 Å². The Labute approximate surface area is 98.7 Å². The summed E-state index contributed by atoms with van der Waals surface area (Å²) in [6.45, 7) is 0.871. The second-order valence-electron chi connectivity index (χ2n) is 3.84. The van der Waals surface area contributed by atoms with Crippen LogP contribution in [-0.4, -0.2) is 29.8 Å². The van der Waals surface area contributed by atoms with Gasteiger partial charge in [0.2, 0.25) is 5.91 Å². The zero-order valence-corrected chi connectivity index (χ0v) is 11.0. The van der Waals surface area contributed by atoms with E-state index in [1.165, 1.54) is 19.3 Å². The molecule has 1 aliphatic rings. The van der Waals surface area contributed by atoms with Gasteiger partial charge >= 0.3 is 0 Å². The van der Waals surface area contributed by atoms with Crippen LogP contribution in [-0.2, 0) is 4.79 Å². The first kappa shape index (κ1) is 12.4. The van der Waals surface area contributed by atoms with Crippen molar-refractivity contribution < 1.29 is 4.79 Å². The molecule has 0 bridgehead atoms. The van der Waals surface area contributed by atoms with Crippen LogP contribution in [0.4, 0.5) is 0 Å². The number of amides is 1. The molecule has 1 rings (SSSR count). The maximum absolute atomic E-state index is 11.3. The van der Waals surface area contributed by atoms with E-state index in [2.05, 4.69) is 21.2 Å². The first-order valence-corrected chi connectivity index (χ1v) is 7.61. The second-order valence-corrected chi connectivity index (χ2v) is 5.36. The lowest BCUT2D eigenvalue weighted by Crippen LogP contribution is -2.32. The molecule has 2 atom stereocenters. The fourth-order valence-electron chi connectivity index (χ4n) is 2.01. The predicted octanol–water partition coefficient (Wildman–Crippen LogP) is 2.28. The Morgan fingerprint density at radius 1 is 1.50 bits per heavy atom. The fourth-order valence-corrected chi connectivity index (χ4v) is 3.23. The number of halogens is 1. The zero-order chi connectivity index (χ0) is 10.4. The Bertz CT molecular complexity index is 189. The molecule has 1 N–H and O–H groups in total. The monoisotopic (exact) mass is 279 g/mol. The number of hydrogen-bond donors (Lipinski definition) is 1. The molecule has 2 unspecified atom stereocenters. The van der Waals surface area contributed by atoms with E-state index in [9.17, 15) is 4.79 Å². The molecule has 0 aromatic heterocycles. The minimum Gasteiger partial charge on any atom is -0.355 e. The molecule has 1 saturated carbocycles. The maximum Gasteiger partial charge on any atom is 0.229 e. The quantitative estimate of drug-likeness (QED) is 0.783. The van der Waals surface area contributed by atoms with Gasteiger partial charge in [-0.1, -0.05) is 22.4 Å². The van der Waals surface area contributed by atoms with Crippen LogP contribution in [0.25, 0.3) is 0 Å². The molecule has 82 valence electrons. The highest BCUT2D eigenvalue weighted by Gasteiger charge is 2.26. The van der Waals surface area contributed by atoms with E-state index in [4.69, 9.17) is 0 Å². The average molecular weight is 280 g/mol. The lowest BCUT2D eigenvalue weighted by molar-refractivity contribution is -0.118. The van der Waals surface area contributed by atoms with E-state index < -0.39 is 0 Å². The Kier molecular flexibility index (Phi) is 5.94. The van der Waals surface area contributed by atoms with Crippen molar-refractivity contribution in [3.8, 4) is 0 Å². The Balaban J connectivity index is 2.20. The van der Waals surface area contributed by atoms with Gasteiger partial charge < -0.3 is 5.32 Å². The molecule has 4 heteroatoms. The number of alkyl halides is 1.